The Morgan fingerprint density at radius 2 is 2.23 bits per heavy atom. The van der Waals surface area contributed by atoms with Gasteiger partial charge in [-0.15, -0.1) is 0 Å². The predicted molar refractivity (Wildman–Crippen MR) is 56.3 cm³/mol. The minimum absolute atomic E-state index is 0.642. The molecular weight excluding hydrogens is 232 g/mol. The highest BCUT2D eigenvalue weighted by molar-refractivity contribution is 9.10. The van der Waals surface area contributed by atoms with Crippen molar-refractivity contribution in [3.8, 4) is 0 Å². The number of rotatable bonds is 2. The lowest BCUT2D eigenvalue weighted by Gasteiger charge is -2.03. The van der Waals surface area contributed by atoms with Crippen LogP contribution in [0.1, 0.15) is 5.69 Å². The maximum atomic E-state index is 4.17. The van der Waals surface area contributed by atoms with Gasteiger partial charge in [0.1, 0.15) is 4.60 Å². The van der Waals surface area contributed by atoms with E-state index in [9.17, 15) is 0 Å². The van der Waals surface area contributed by atoms with E-state index in [1.54, 1.807) is 12.5 Å². The molecule has 0 saturated carbocycles. The molecule has 0 atom stereocenters. The van der Waals surface area contributed by atoms with Crippen molar-refractivity contribution in [2.24, 2.45) is 4.99 Å². The molecule has 1 aromatic rings. The number of aliphatic imine (C=N–C) groups is 1. The van der Waals surface area contributed by atoms with Crippen LogP contribution in [0.3, 0.4) is 0 Å². The second kappa shape index (κ2) is 4.32. The second-order valence-corrected chi connectivity index (χ2v) is 3.62. The van der Waals surface area contributed by atoms with Gasteiger partial charge in [-0.1, -0.05) is 0 Å². The Kier molecular flexibility index (Phi) is 3.36. The molecule has 1 rings (SSSR count). The van der Waals surface area contributed by atoms with Gasteiger partial charge < -0.3 is 4.90 Å². The first kappa shape index (κ1) is 10.1. The van der Waals surface area contributed by atoms with E-state index in [0.29, 0.717) is 10.4 Å². The molecule has 0 aliphatic heterocycles. The summed E-state index contributed by atoms with van der Waals surface area (Å²) in [6, 6.07) is 0. The summed E-state index contributed by atoms with van der Waals surface area (Å²) in [5.41, 5.74) is 0.821. The third-order valence-electron chi connectivity index (χ3n) is 1.31. The molecule has 0 spiro atoms. The van der Waals surface area contributed by atoms with Crippen molar-refractivity contribution in [3.05, 3.63) is 16.5 Å². The molecule has 0 N–H and O–H groups in total. The largest absolute Gasteiger partial charge is 0.369 e. The number of nitrogens with zero attached hydrogens (tertiary/aromatic N) is 4. The smallest absolute Gasteiger partial charge is 0.176 e. The minimum atomic E-state index is 0.642. The van der Waals surface area contributed by atoms with Gasteiger partial charge in [-0.3, -0.25) is 4.98 Å². The molecule has 0 amide bonds. The van der Waals surface area contributed by atoms with Crippen LogP contribution in [0, 0.1) is 6.92 Å². The van der Waals surface area contributed by atoms with E-state index in [1.165, 1.54) is 0 Å². The Hall–Kier alpha value is -0.970. The van der Waals surface area contributed by atoms with Crippen LogP contribution >= 0.6 is 15.9 Å². The van der Waals surface area contributed by atoms with Crippen molar-refractivity contribution >= 4 is 28.1 Å². The van der Waals surface area contributed by atoms with Gasteiger partial charge in [0.05, 0.1) is 18.2 Å². The van der Waals surface area contributed by atoms with Crippen LogP contribution in [-0.2, 0) is 0 Å². The summed E-state index contributed by atoms with van der Waals surface area (Å²) in [7, 11) is 3.81. The Morgan fingerprint density at radius 3 is 2.85 bits per heavy atom. The molecule has 0 unspecified atom stereocenters. The van der Waals surface area contributed by atoms with E-state index in [0.717, 1.165) is 5.69 Å². The first-order valence-corrected chi connectivity index (χ1v) is 4.58. The van der Waals surface area contributed by atoms with Crippen LogP contribution < -0.4 is 0 Å². The first-order valence-electron chi connectivity index (χ1n) is 3.79. The third kappa shape index (κ3) is 3.10. The number of hydrogen-bond donors (Lipinski definition) is 0. The second-order valence-electron chi connectivity index (χ2n) is 2.81. The molecular formula is C8H11BrN4. The Bertz CT molecular complexity index is 322. The standard InChI is InChI=1S/C8H11BrN4/c1-6-8(11-5-13(2)3)12-7(9)4-10-6/h4-5H,1-3H3/b11-5+. The van der Waals surface area contributed by atoms with Crippen LogP contribution in [0.4, 0.5) is 5.82 Å². The molecule has 4 nitrogen and oxygen atoms in total. The molecule has 13 heavy (non-hydrogen) atoms. The molecule has 1 aromatic heterocycles. The highest BCUT2D eigenvalue weighted by atomic mass is 79.9. The van der Waals surface area contributed by atoms with Crippen molar-refractivity contribution in [2.75, 3.05) is 14.1 Å². The molecule has 5 heteroatoms. The molecule has 70 valence electrons. The van der Waals surface area contributed by atoms with E-state index in [1.807, 2.05) is 25.9 Å². The lowest BCUT2D eigenvalue weighted by atomic mass is 10.4. The zero-order valence-electron chi connectivity index (χ0n) is 7.82. The quantitative estimate of drug-likeness (QED) is 0.587. The molecule has 0 bridgehead atoms. The number of aryl methyl sites for hydroxylation is 1. The van der Waals surface area contributed by atoms with Crippen LogP contribution in [0.15, 0.2) is 15.8 Å². The van der Waals surface area contributed by atoms with E-state index < -0.39 is 0 Å². The fraction of sp³-hybridized carbons (Fsp3) is 0.375. The summed E-state index contributed by atoms with van der Waals surface area (Å²) in [6.45, 7) is 1.88. The Balaban J connectivity index is 2.93. The molecule has 0 radical (unpaired) electrons. The fourth-order valence-electron chi connectivity index (χ4n) is 0.711. The van der Waals surface area contributed by atoms with Crippen molar-refractivity contribution in [3.63, 3.8) is 0 Å². The van der Waals surface area contributed by atoms with E-state index >= 15 is 0 Å². The minimum Gasteiger partial charge on any atom is -0.369 e. The zero-order chi connectivity index (χ0) is 9.84. The molecule has 0 fully saturated rings. The number of aromatic nitrogens is 2. The lowest BCUT2D eigenvalue weighted by Crippen LogP contribution is -2.07. The van der Waals surface area contributed by atoms with Gasteiger partial charge in [-0.05, 0) is 22.9 Å². The van der Waals surface area contributed by atoms with Crippen LogP contribution in [-0.4, -0.2) is 35.3 Å². The number of hydrogen-bond acceptors (Lipinski definition) is 3. The van der Waals surface area contributed by atoms with Gasteiger partial charge in [-0.25, -0.2) is 9.98 Å². The maximum absolute atomic E-state index is 4.17. The topological polar surface area (TPSA) is 41.4 Å². The lowest BCUT2D eigenvalue weighted by molar-refractivity contribution is 0.642. The van der Waals surface area contributed by atoms with Gasteiger partial charge >= 0.3 is 0 Å². The predicted octanol–water partition coefficient (Wildman–Crippen LogP) is 1.77. The molecule has 0 aromatic carbocycles. The molecule has 1 heterocycles. The van der Waals surface area contributed by atoms with Crippen molar-refractivity contribution in [1.29, 1.82) is 0 Å². The van der Waals surface area contributed by atoms with Crippen LogP contribution in [0.25, 0.3) is 0 Å². The van der Waals surface area contributed by atoms with Gasteiger partial charge in [0.2, 0.25) is 0 Å². The Morgan fingerprint density at radius 1 is 1.54 bits per heavy atom. The van der Waals surface area contributed by atoms with Crippen LogP contribution in [0.2, 0.25) is 0 Å². The van der Waals surface area contributed by atoms with Crippen LogP contribution in [0.5, 0.6) is 0 Å². The molecule has 0 aliphatic rings. The summed E-state index contributed by atoms with van der Waals surface area (Å²) in [5.74, 6) is 0.642. The van der Waals surface area contributed by atoms with Gasteiger partial charge in [0.25, 0.3) is 0 Å². The summed E-state index contributed by atoms with van der Waals surface area (Å²) in [6.07, 6.45) is 3.35. The zero-order valence-corrected chi connectivity index (χ0v) is 9.41. The fourth-order valence-corrected chi connectivity index (χ4v) is 0.982. The first-order chi connectivity index (χ1) is 6.09. The summed E-state index contributed by atoms with van der Waals surface area (Å²) in [5, 5.41) is 0. The summed E-state index contributed by atoms with van der Waals surface area (Å²) >= 11 is 3.24. The van der Waals surface area contributed by atoms with Gasteiger partial charge in [0, 0.05) is 14.1 Å². The average molecular weight is 243 g/mol. The average Bonchev–Trinajstić information content (AvgIpc) is 2.06. The van der Waals surface area contributed by atoms with E-state index in [4.69, 9.17) is 0 Å². The van der Waals surface area contributed by atoms with Gasteiger partial charge in [0.15, 0.2) is 5.82 Å². The highest BCUT2D eigenvalue weighted by Gasteiger charge is 1.99. The van der Waals surface area contributed by atoms with Gasteiger partial charge in [-0.2, -0.15) is 0 Å². The van der Waals surface area contributed by atoms with E-state index in [2.05, 4.69) is 30.9 Å². The molecule has 0 saturated heterocycles. The summed E-state index contributed by atoms with van der Waals surface area (Å²) in [4.78, 5) is 14.3. The molecule has 0 aliphatic carbocycles. The highest BCUT2D eigenvalue weighted by Crippen LogP contribution is 2.15. The van der Waals surface area contributed by atoms with Crippen molar-refractivity contribution < 1.29 is 0 Å². The SMILES string of the molecule is Cc1ncc(Br)nc1/N=C/N(C)C. The van der Waals surface area contributed by atoms with Crippen molar-refractivity contribution in [2.45, 2.75) is 6.92 Å². The monoisotopic (exact) mass is 242 g/mol. The number of halogens is 1. The third-order valence-corrected chi connectivity index (χ3v) is 1.69. The van der Waals surface area contributed by atoms with E-state index in [-0.39, 0.29) is 0 Å². The van der Waals surface area contributed by atoms with Crippen molar-refractivity contribution in [1.82, 2.24) is 14.9 Å². The Labute approximate surface area is 85.9 Å². The maximum Gasteiger partial charge on any atom is 0.176 e. The summed E-state index contributed by atoms with van der Waals surface area (Å²) < 4.78 is 0.698. The normalized spacial score (nSPS) is 10.8.